The van der Waals surface area contributed by atoms with E-state index in [9.17, 15) is 4.79 Å². The van der Waals surface area contributed by atoms with Gasteiger partial charge in [-0.3, -0.25) is 10.1 Å². The van der Waals surface area contributed by atoms with Crippen molar-refractivity contribution >= 4 is 29.1 Å². The molecule has 1 heterocycles. The number of nitrogens with two attached hydrogens (primary N) is 1. The maximum atomic E-state index is 11.9. The van der Waals surface area contributed by atoms with Crippen molar-refractivity contribution in [3.05, 3.63) is 40.5 Å². The second kappa shape index (κ2) is 4.47. The Labute approximate surface area is 103 Å². The van der Waals surface area contributed by atoms with E-state index in [1.165, 1.54) is 0 Å². The van der Waals surface area contributed by atoms with Crippen LogP contribution in [0.4, 0.5) is 11.6 Å². The summed E-state index contributed by atoms with van der Waals surface area (Å²) in [5.74, 6) is -0.121. The van der Waals surface area contributed by atoms with E-state index in [-0.39, 0.29) is 10.9 Å². The van der Waals surface area contributed by atoms with Crippen molar-refractivity contribution in [2.75, 3.05) is 11.1 Å². The van der Waals surface area contributed by atoms with Crippen molar-refractivity contribution in [2.24, 2.45) is 0 Å². The average molecular weight is 252 g/mol. The molecule has 0 saturated heterocycles. The van der Waals surface area contributed by atoms with Crippen LogP contribution < -0.4 is 11.1 Å². The van der Waals surface area contributed by atoms with Gasteiger partial charge in [-0.1, -0.05) is 22.8 Å². The van der Waals surface area contributed by atoms with Gasteiger partial charge in [-0.2, -0.15) is 0 Å². The summed E-state index contributed by atoms with van der Waals surface area (Å²) in [5, 5.41) is 6.42. The zero-order valence-corrected chi connectivity index (χ0v) is 9.78. The Balaban J connectivity index is 2.23. The molecule has 5 nitrogen and oxygen atoms in total. The van der Waals surface area contributed by atoms with E-state index >= 15 is 0 Å². The molecule has 0 bridgehead atoms. The van der Waals surface area contributed by atoms with Crippen LogP contribution in [0.15, 0.2) is 28.8 Å². The number of carbonyl (C=O) groups is 1. The van der Waals surface area contributed by atoms with E-state index in [0.29, 0.717) is 16.9 Å². The first-order valence-electron chi connectivity index (χ1n) is 4.86. The number of carbonyl (C=O) groups excluding carboxylic acids is 1. The first-order chi connectivity index (χ1) is 8.08. The Morgan fingerprint density at radius 1 is 1.53 bits per heavy atom. The smallest absolute Gasteiger partial charge is 0.259 e. The van der Waals surface area contributed by atoms with E-state index in [0.717, 1.165) is 0 Å². The molecule has 2 rings (SSSR count). The van der Waals surface area contributed by atoms with Gasteiger partial charge in [-0.15, -0.1) is 0 Å². The Hall–Kier alpha value is -2.01. The lowest BCUT2D eigenvalue weighted by Gasteiger charge is -2.05. The molecule has 1 amide bonds. The van der Waals surface area contributed by atoms with Crippen molar-refractivity contribution in [3.63, 3.8) is 0 Å². The number of rotatable bonds is 2. The Morgan fingerprint density at radius 2 is 2.29 bits per heavy atom. The van der Waals surface area contributed by atoms with Gasteiger partial charge < -0.3 is 10.3 Å². The van der Waals surface area contributed by atoms with E-state index in [1.54, 1.807) is 31.2 Å². The third-order valence-electron chi connectivity index (χ3n) is 2.14. The molecule has 2 aromatic rings. The lowest BCUT2D eigenvalue weighted by Crippen LogP contribution is -2.12. The van der Waals surface area contributed by atoms with Crippen LogP contribution >= 0.6 is 11.6 Å². The minimum atomic E-state index is -0.390. The first kappa shape index (κ1) is 11.5. The van der Waals surface area contributed by atoms with Crippen molar-refractivity contribution < 1.29 is 9.32 Å². The molecule has 88 valence electrons. The van der Waals surface area contributed by atoms with Gasteiger partial charge in [0.05, 0.1) is 22.0 Å². The van der Waals surface area contributed by atoms with E-state index < -0.39 is 5.91 Å². The second-order valence-corrected chi connectivity index (χ2v) is 3.87. The van der Waals surface area contributed by atoms with E-state index in [2.05, 4.69) is 10.5 Å². The average Bonchev–Trinajstić information content (AvgIpc) is 2.68. The molecule has 0 aliphatic rings. The van der Waals surface area contributed by atoms with Crippen LogP contribution in [-0.4, -0.2) is 11.1 Å². The van der Waals surface area contributed by atoms with Crippen LogP contribution in [0, 0.1) is 6.92 Å². The third kappa shape index (κ3) is 2.39. The minimum absolute atomic E-state index is 0.223. The third-order valence-corrected chi connectivity index (χ3v) is 2.56. The Morgan fingerprint density at radius 3 is 2.94 bits per heavy atom. The highest BCUT2D eigenvalue weighted by molar-refractivity contribution is 6.36. The summed E-state index contributed by atoms with van der Waals surface area (Å²) in [6.07, 6.45) is 0. The number of aryl methyl sites for hydroxylation is 1. The molecule has 0 atom stereocenters. The summed E-state index contributed by atoms with van der Waals surface area (Å²) < 4.78 is 4.87. The first-order valence-corrected chi connectivity index (χ1v) is 5.24. The van der Waals surface area contributed by atoms with Crippen molar-refractivity contribution in [1.82, 2.24) is 5.16 Å². The number of hydrogen-bond acceptors (Lipinski definition) is 4. The molecule has 0 spiro atoms. The molecular formula is C11H10ClN3O2. The number of anilines is 2. The minimum Gasteiger partial charge on any atom is -0.398 e. The molecule has 1 aromatic heterocycles. The van der Waals surface area contributed by atoms with Crippen LogP contribution in [0.5, 0.6) is 0 Å². The maximum absolute atomic E-state index is 11.9. The zero-order chi connectivity index (χ0) is 12.4. The highest BCUT2D eigenvalue weighted by atomic mass is 35.5. The maximum Gasteiger partial charge on any atom is 0.259 e. The molecule has 0 aliphatic carbocycles. The summed E-state index contributed by atoms with van der Waals surface area (Å²) >= 11 is 5.93. The van der Waals surface area contributed by atoms with Gasteiger partial charge in [0, 0.05) is 6.07 Å². The largest absolute Gasteiger partial charge is 0.398 e. The van der Waals surface area contributed by atoms with Gasteiger partial charge in [-0.05, 0) is 19.1 Å². The number of amides is 1. The molecule has 0 aliphatic heterocycles. The number of halogens is 1. The van der Waals surface area contributed by atoms with E-state index in [1.807, 2.05) is 0 Å². The van der Waals surface area contributed by atoms with Crippen LogP contribution in [-0.2, 0) is 0 Å². The molecule has 17 heavy (non-hydrogen) atoms. The number of aromatic nitrogens is 1. The molecule has 1 aromatic carbocycles. The molecule has 0 radical (unpaired) electrons. The molecular weight excluding hydrogens is 242 g/mol. The lowest BCUT2D eigenvalue weighted by molar-refractivity contribution is 0.102. The highest BCUT2D eigenvalue weighted by Crippen LogP contribution is 2.24. The van der Waals surface area contributed by atoms with Gasteiger partial charge in [0.15, 0.2) is 0 Å². The monoisotopic (exact) mass is 251 g/mol. The van der Waals surface area contributed by atoms with Crippen LogP contribution in [0.2, 0.25) is 5.02 Å². The van der Waals surface area contributed by atoms with Crippen LogP contribution in [0.3, 0.4) is 0 Å². The van der Waals surface area contributed by atoms with Crippen molar-refractivity contribution in [1.29, 1.82) is 0 Å². The molecule has 0 fully saturated rings. The number of hydrogen-bond donors (Lipinski definition) is 2. The lowest BCUT2D eigenvalue weighted by atomic mass is 10.2. The second-order valence-electron chi connectivity index (χ2n) is 3.50. The molecule has 0 unspecified atom stereocenters. The van der Waals surface area contributed by atoms with Gasteiger partial charge in [0.2, 0.25) is 5.88 Å². The fraction of sp³-hybridized carbons (Fsp3) is 0.0909. The quantitative estimate of drug-likeness (QED) is 0.804. The topological polar surface area (TPSA) is 81.2 Å². The van der Waals surface area contributed by atoms with Gasteiger partial charge >= 0.3 is 0 Å². The molecule has 6 heteroatoms. The van der Waals surface area contributed by atoms with Gasteiger partial charge in [0.1, 0.15) is 0 Å². The number of nitrogens with one attached hydrogen (secondary N) is 1. The van der Waals surface area contributed by atoms with Crippen molar-refractivity contribution in [2.45, 2.75) is 6.92 Å². The predicted octanol–water partition coefficient (Wildman–Crippen LogP) is 2.47. The van der Waals surface area contributed by atoms with Gasteiger partial charge in [-0.25, -0.2) is 0 Å². The Kier molecular flexibility index (Phi) is 3.01. The van der Waals surface area contributed by atoms with E-state index in [4.69, 9.17) is 21.9 Å². The summed E-state index contributed by atoms with van der Waals surface area (Å²) in [6.45, 7) is 1.76. The Bertz CT molecular complexity index is 566. The summed E-state index contributed by atoms with van der Waals surface area (Å²) in [7, 11) is 0. The SMILES string of the molecule is Cc1cc(NC(=O)c2cccc(N)c2Cl)on1. The summed E-state index contributed by atoms with van der Waals surface area (Å²) in [5.41, 5.74) is 6.93. The summed E-state index contributed by atoms with van der Waals surface area (Å²) in [4.78, 5) is 11.9. The number of benzene rings is 1. The predicted molar refractivity (Wildman–Crippen MR) is 65.1 cm³/mol. The highest BCUT2D eigenvalue weighted by Gasteiger charge is 2.13. The number of nitrogens with zero attached hydrogens (tertiary/aromatic N) is 1. The molecule has 3 N–H and O–H groups in total. The zero-order valence-electron chi connectivity index (χ0n) is 9.03. The molecule has 0 saturated carbocycles. The van der Waals surface area contributed by atoms with Crippen LogP contribution in [0.1, 0.15) is 16.1 Å². The standard InChI is InChI=1S/C11H10ClN3O2/c1-6-5-9(17-15-6)14-11(16)7-3-2-4-8(13)10(7)12/h2-5H,13H2,1H3,(H,14,16). The summed E-state index contributed by atoms with van der Waals surface area (Å²) in [6, 6.07) is 6.47. The fourth-order valence-corrected chi connectivity index (χ4v) is 1.54. The fourth-order valence-electron chi connectivity index (χ4n) is 1.33. The number of nitrogen functional groups attached to an aromatic ring is 1. The van der Waals surface area contributed by atoms with Crippen LogP contribution in [0.25, 0.3) is 0 Å². The normalized spacial score (nSPS) is 10.2. The van der Waals surface area contributed by atoms with Gasteiger partial charge in [0.25, 0.3) is 5.91 Å². The van der Waals surface area contributed by atoms with Crippen molar-refractivity contribution in [3.8, 4) is 0 Å².